The van der Waals surface area contributed by atoms with Crippen molar-refractivity contribution in [1.29, 1.82) is 0 Å². The van der Waals surface area contributed by atoms with E-state index in [2.05, 4.69) is 25.5 Å². The lowest BCUT2D eigenvalue weighted by Gasteiger charge is -2.46. The zero-order valence-electron chi connectivity index (χ0n) is 14.5. The molecule has 0 atom stereocenters. The number of guanidine groups is 2. The van der Waals surface area contributed by atoms with E-state index in [4.69, 9.17) is 11.5 Å². The summed E-state index contributed by atoms with van der Waals surface area (Å²) >= 11 is 0. The highest BCUT2D eigenvalue weighted by Crippen LogP contribution is 2.41. The van der Waals surface area contributed by atoms with Gasteiger partial charge in [-0.1, -0.05) is 6.42 Å². The van der Waals surface area contributed by atoms with Gasteiger partial charge in [-0.3, -0.25) is 4.90 Å². The molecular formula is C16H19N9O2. The molecule has 2 aliphatic rings. The van der Waals surface area contributed by atoms with Crippen LogP contribution in [0.1, 0.15) is 42.5 Å². The summed E-state index contributed by atoms with van der Waals surface area (Å²) in [4.78, 5) is 22.3. The molecule has 1 aliphatic heterocycles. The lowest BCUT2D eigenvalue weighted by Crippen LogP contribution is -2.58. The molecule has 0 unspecified atom stereocenters. The molecule has 5 N–H and O–H groups in total. The first kappa shape index (κ1) is 16.9. The monoisotopic (exact) mass is 369 g/mol. The summed E-state index contributed by atoms with van der Waals surface area (Å²) in [6.45, 7) is 0. The highest BCUT2D eigenvalue weighted by molar-refractivity contribution is 6.09. The zero-order valence-corrected chi connectivity index (χ0v) is 14.5. The predicted octanol–water partition coefficient (Wildman–Crippen LogP) is 0.470. The maximum atomic E-state index is 11.9. The van der Waals surface area contributed by atoms with Crippen LogP contribution < -0.4 is 16.4 Å². The Labute approximate surface area is 154 Å². The Balaban J connectivity index is 1.90. The van der Waals surface area contributed by atoms with E-state index in [-0.39, 0.29) is 17.5 Å². The summed E-state index contributed by atoms with van der Waals surface area (Å²) in [5.74, 6) is -0.838. The number of tetrazole rings is 1. The number of aromatic carboxylic acids is 1. The van der Waals surface area contributed by atoms with Gasteiger partial charge in [0.05, 0.1) is 16.9 Å². The number of carbonyl (C=O) groups is 1. The number of nitrogens with zero attached hydrogens (tertiary/aromatic N) is 7. The third-order valence-corrected chi connectivity index (χ3v) is 4.92. The third kappa shape index (κ3) is 2.86. The zero-order chi connectivity index (χ0) is 19.0. The Hall–Kier alpha value is -3.50. The maximum absolute atomic E-state index is 11.9. The van der Waals surface area contributed by atoms with E-state index < -0.39 is 11.6 Å². The molecule has 0 amide bonds. The Morgan fingerprint density at radius 3 is 2.63 bits per heavy atom. The van der Waals surface area contributed by atoms with Gasteiger partial charge >= 0.3 is 5.97 Å². The maximum Gasteiger partial charge on any atom is 0.337 e. The van der Waals surface area contributed by atoms with Crippen LogP contribution in [0, 0.1) is 0 Å². The molecule has 11 heteroatoms. The molecule has 1 spiro atoms. The van der Waals surface area contributed by atoms with E-state index in [9.17, 15) is 9.90 Å². The summed E-state index contributed by atoms with van der Waals surface area (Å²) in [5.41, 5.74) is 12.4. The fraction of sp³-hybridized carbons (Fsp3) is 0.375. The van der Waals surface area contributed by atoms with Gasteiger partial charge in [-0.2, -0.15) is 4.99 Å². The lowest BCUT2D eigenvalue weighted by molar-refractivity contribution is 0.0697. The van der Waals surface area contributed by atoms with Crippen LogP contribution in [0.3, 0.4) is 0 Å². The molecule has 27 heavy (non-hydrogen) atoms. The molecule has 2 aromatic rings. The average molecular weight is 369 g/mol. The average Bonchev–Trinajstić information content (AvgIpc) is 3.16. The van der Waals surface area contributed by atoms with Crippen LogP contribution in [0.2, 0.25) is 0 Å². The number of carboxylic acid groups (broad SMARTS) is 1. The van der Waals surface area contributed by atoms with Gasteiger partial charge in [-0.15, -0.1) is 5.10 Å². The molecule has 1 aromatic heterocycles. The minimum Gasteiger partial charge on any atom is -0.478 e. The van der Waals surface area contributed by atoms with Crippen LogP contribution in [0.5, 0.6) is 0 Å². The standard InChI is InChI=1S/C16H19N9O2/c17-14-20-15(18)25(16(21-14)6-2-1-3-7-16)12-8-10(24-9-19-22-23-24)4-5-11(12)13(26)27/h4-5,8-9H,1-3,6-7H2,(H,26,27)(H4,17,18,20,21). The topological polar surface area (TPSA) is 161 Å². The molecule has 1 saturated carbocycles. The van der Waals surface area contributed by atoms with Gasteiger partial charge in [-0.25, -0.2) is 14.5 Å². The van der Waals surface area contributed by atoms with E-state index in [0.29, 0.717) is 24.2 Å². The molecular weight excluding hydrogens is 350 g/mol. The second-order valence-electron chi connectivity index (χ2n) is 6.58. The minimum absolute atomic E-state index is 0.0885. The Morgan fingerprint density at radius 2 is 1.96 bits per heavy atom. The first-order chi connectivity index (χ1) is 13.0. The van der Waals surface area contributed by atoms with Crippen molar-refractivity contribution in [2.75, 3.05) is 4.90 Å². The van der Waals surface area contributed by atoms with Crippen molar-refractivity contribution in [1.82, 2.24) is 20.2 Å². The first-order valence-corrected chi connectivity index (χ1v) is 8.61. The van der Waals surface area contributed by atoms with Crippen molar-refractivity contribution in [3.8, 4) is 5.69 Å². The smallest absolute Gasteiger partial charge is 0.337 e. The second kappa shape index (κ2) is 6.34. The summed E-state index contributed by atoms with van der Waals surface area (Å²) in [6.07, 6.45) is 5.81. The van der Waals surface area contributed by atoms with Crippen LogP contribution in [-0.4, -0.2) is 48.9 Å². The van der Waals surface area contributed by atoms with Crippen molar-refractivity contribution < 1.29 is 9.90 Å². The van der Waals surface area contributed by atoms with Crippen molar-refractivity contribution >= 4 is 23.6 Å². The van der Waals surface area contributed by atoms with Crippen LogP contribution in [0.25, 0.3) is 5.69 Å². The number of rotatable bonds is 3. The Kier molecular flexibility index (Phi) is 3.98. The van der Waals surface area contributed by atoms with Crippen LogP contribution in [0.15, 0.2) is 34.5 Å². The van der Waals surface area contributed by atoms with Crippen molar-refractivity contribution in [2.24, 2.45) is 21.5 Å². The van der Waals surface area contributed by atoms with Crippen LogP contribution in [0.4, 0.5) is 5.69 Å². The second-order valence-corrected chi connectivity index (χ2v) is 6.58. The number of benzene rings is 1. The number of hydrogen-bond acceptors (Lipinski definition) is 9. The van der Waals surface area contributed by atoms with E-state index >= 15 is 0 Å². The van der Waals surface area contributed by atoms with Gasteiger partial charge in [0.25, 0.3) is 0 Å². The number of hydrogen-bond donors (Lipinski definition) is 3. The number of carboxylic acids is 1. The van der Waals surface area contributed by atoms with Gasteiger partial charge in [0.15, 0.2) is 0 Å². The summed E-state index contributed by atoms with van der Waals surface area (Å²) in [7, 11) is 0. The van der Waals surface area contributed by atoms with E-state index in [1.54, 1.807) is 17.0 Å². The third-order valence-electron chi connectivity index (χ3n) is 4.92. The van der Waals surface area contributed by atoms with Gasteiger partial charge < -0.3 is 16.6 Å². The number of nitrogens with two attached hydrogens (primary N) is 2. The van der Waals surface area contributed by atoms with Gasteiger partial charge in [0, 0.05) is 0 Å². The Morgan fingerprint density at radius 1 is 1.19 bits per heavy atom. The van der Waals surface area contributed by atoms with E-state index in [0.717, 1.165) is 19.3 Å². The van der Waals surface area contributed by atoms with Gasteiger partial charge in [-0.05, 0) is 54.3 Å². The molecule has 0 saturated heterocycles. The highest BCUT2D eigenvalue weighted by atomic mass is 16.4. The van der Waals surface area contributed by atoms with E-state index in [1.165, 1.54) is 17.1 Å². The minimum atomic E-state index is -1.07. The SMILES string of the molecule is NC1=NC2(CCCCC2)N(c2cc(-n3cnnn3)ccc2C(=O)O)C(N)=N1. The van der Waals surface area contributed by atoms with Crippen molar-refractivity contribution in [3.63, 3.8) is 0 Å². The molecule has 11 nitrogen and oxygen atoms in total. The molecule has 1 fully saturated rings. The summed E-state index contributed by atoms with van der Waals surface area (Å²) in [5, 5.41) is 20.8. The molecule has 1 aliphatic carbocycles. The Bertz CT molecular complexity index is 929. The van der Waals surface area contributed by atoms with Crippen LogP contribution >= 0.6 is 0 Å². The number of anilines is 1. The van der Waals surface area contributed by atoms with E-state index in [1.807, 2.05) is 0 Å². The first-order valence-electron chi connectivity index (χ1n) is 8.61. The molecule has 140 valence electrons. The number of aliphatic imine (C=N–C) groups is 2. The highest BCUT2D eigenvalue weighted by Gasteiger charge is 2.43. The molecule has 0 radical (unpaired) electrons. The fourth-order valence-electron chi connectivity index (χ4n) is 3.78. The normalized spacial score (nSPS) is 18.9. The van der Waals surface area contributed by atoms with Crippen molar-refractivity contribution in [2.45, 2.75) is 37.8 Å². The number of aromatic nitrogens is 4. The molecule has 4 rings (SSSR count). The van der Waals surface area contributed by atoms with Gasteiger partial charge in [0.1, 0.15) is 12.0 Å². The summed E-state index contributed by atoms with van der Waals surface area (Å²) in [6, 6.07) is 4.81. The quantitative estimate of drug-likeness (QED) is 0.703. The molecule has 0 bridgehead atoms. The molecule has 2 heterocycles. The summed E-state index contributed by atoms with van der Waals surface area (Å²) < 4.78 is 1.44. The largest absolute Gasteiger partial charge is 0.478 e. The predicted molar refractivity (Wildman–Crippen MR) is 97.7 cm³/mol. The lowest BCUT2D eigenvalue weighted by atomic mass is 9.87. The fourth-order valence-corrected chi connectivity index (χ4v) is 3.78. The molecule has 1 aromatic carbocycles. The van der Waals surface area contributed by atoms with Gasteiger partial charge in [0.2, 0.25) is 11.9 Å². The van der Waals surface area contributed by atoms with Crippen molar-refractivity contribution in [3.05, 3.63) is 30.1 Å². The van der Waals surface area contributed by atoms with Crippen LogP contribution in [-0.2, 0) is 0 Å².